The van der Waals surface area contributed by atoms with Crippen LogP contribution >= 0.6 is 11.6 Å². The van der Waals surface area contributed by atoms with E-state index in [1.54, 1.807) is 18.2 Å². The minimum absolute atomic E-state index is 0.0524. The third-order valence-corrected chi connectivity index (χ3v) is 10.6. The van der Waals surface area contributed by atoms with Crippen LogP contribution in [-0.2, 0) is 23.2 Å². The summed E-state index contributed by atoms with van der Waals surface area (Å²) in [5.41, 5.74) is 3.43. The first-order valence-electron chi connectivity index (χ1n) is 13.9. The maximum atomic E-state index is 12.9. The highest BCUT2D eigenvalue weighted by atomic mass is 35.5. The monoisotopic (exact) mass is 570 g/mol. The summed E-state index contributed by atoms with van der Waals surface area (Å²) in [7, 11) is 0. The number of rotatable bonds is 7. The molecule has 1 saturated carbocycles. The predicted molar refractivity (Wildman–Crippen MR) is 158 cm³/mol. The maximum absolute atomic E-state index is 12.9. The number of aromatic carboxylic acids is 1. The summed E-state index contributed by atoms with van der Waals surface area (Å²) in [5.74, 6) is 0.428. The highest BCUT2D eigenvalue weighted by Crippen LogP contribution is 2.46. The van der Waals surface area contributed by atoms with Crippen LogP contribution in [0.15, 0.2) is 49.1 Å². The molecule has 0 saturated heterocycles. The number of nitrogens with one attached hydrogen (secondary N) is 1. The molecule has 6 nitrogen and oxygen atoms in total. The number of benzene rings is 2. The van der Waals surface area contributed by atoms with Crippen LogP contribution in [0, 0.1) is 11.8 Å². The Hall–Kier alpha value is -2.19. The standard InChI is InChI=1S/C31H39ClN2O4S/c1-5-26(33-39(37)30(2,3)4)24-11-8-22(24)17-34-18-31(14-6-7-20-15-23(32)10-12-25(20)31)19-38-28-13-9-21(29(35)36)16-27(28)34/h5,9-10,12-13,15-16,22,24,26,33H,1,6-8,11,14,17-19H2,2-4H3,(H,35,36)/t22-,24+,26?,31-,39?/m0/s1. The number of carbonyl (C=O) groups is 1. The van der Waals surface area contributed by atoms with Gasteiger partial charge in [-0.2, -0.15) is 0 Å². The van der Waals surface area contributed by atoms with Crippen molar-refractivity contribution in [3.05, 3.63) is 70.8 Å². The van der Waals surface area contributed by atoms with Crippen LogP contribution in [0.4, 0.5) is 5.69 Å². The molecule has 0 bridgehead atoms. The van der Waals surface area contributed by atoms with E-state index in [1.165, 1.54) is 11.1 Å². The van der Waals surface area contributed by atoms with Crippen LogP contribution < -0.4 is 14.4 Å². The number of nitrogens with zero attached hydrogens (tertiary/aromatic N) is 1. The van der Waals surface area contributed by atoms with Gasteiger partial charge >= 0.3 is 5.97 Å². The number of hydrogen-bond acceptors (Lipinski definition) is 5. The molecule has 2 aliphatic carbocycles. The minimum atomic E-state index is -1.19. The Balaban J connectivity index is 1.47. The van der Waals surface area contributed by atoms with Gasteiger partial charge < -0.3 is 19.3 Å². The predicted octanol–water partition coefficient (Wildman–Crippen LogP) is 6.14. The summed E-state index contributed by atoms with van der Waals surface area (Å²) >= 11 is 5.18. The molecular formula is C31H39ClN2O4S. The number of aryl methyl sites for hydroxylation is 1. The fourth-order valence-electron chi connectivity index (χ4n) is 6.44. The lowest BCUT2D eigenvalue weighted by atomic mass is 9.68. The normalized spacial score (nSPS) is 25.9. The van der Waals surface area contributed by atoms with Crippen molar-refractivity contribution in [2.75, 3.05) is 24.6 Å². The van der Waals surface area contributed by atoms with E-state index in [2.05, 4.69) is 28.3 Å². The lowest BCUT2D eigenvalue weighted by molar-refractivity contribution is 0.0697. The summed E-state index contributed by atoms with van der Waals surface area (Å²) in [6.07, 6.45) is 7.03. The Labute approximate surface area is 240 Å². The molecule has 0 amide bonds. The molecule has 3 aliphatic rings. The number of halogens is 1. The van der Waals surface area contributed by atoms with Gasteiger partial charge in [-0.25, -0.2) is 4.79 Å². The molecule has 1 heterocycles. The molecule has 5 rings (SSSR count). The van der Waals surface area contributed by atoms with Crippen molar-refractivity contribution in [1.82, 2.24) is 4.72 Å². The number of fused-ring (bicyclic) bond motifs is 3. The van der Waals surface area contributed by atoms with E-state index >= 15 is 0 Å². The molecule has 0 aromatic heterocycles. The Morgan fingerprint density at radius 3 is 2.79 bits per heavy atom. The van der Waals surface area contributed by atoms with Crippen LogP contribution in [0.25, 0.3) is 0 Å². The van der Waals surface area contributed by atoms with Crippen molar-refractivity contribution >= 4 is 34.6 Å². The highest BCUT2D eigenvalue weighted by molar-refractivity contribution is 7.90. The SMILES string of the molecule is C=CC(N[S+]([O-])C(C)(C)C)[C@@H]1CC[C@H]1CN1C[C@@]2(CCCc3cc(Cl)ccc32)COc2ccc(C(=O)O)cc21. The average Bonchev–Trinajstić information content (AvgIpc) is 3.02. The second-order valence-electron chi connectivity index (χ2n) is 12.4. The molecule has 0 radical (unpaired) electrons. The lowest BCUT2D eigenvalue weighted by Gasteiger charge is -2.46. The molecule has 2 aromatic carbocycles. The van der Waals surface area contributed by atoms with Crippen molar-refractivity contribution in [3.8, 4) is 5.75 Å². The van der Waals surface area contributed by atoms with Gasteiger partial charge in [0.1, 0.15) is 10.5 Å². The Kier molecular flexibility index (Phi) is 7.99. The summed E-state index contributed by atoms with van der Waals surface area (Å²) in [6.45, 7) is 12.0. The number of carboxylic acids is 1. The average molecular weight is 571 g/mol. The number of anilines is 1. The highest BCUT2D eigenvalue weighted by Gasteiger charge is 2.45. The van der Waals surface area contributed by atoms with Crippen molar-refractivity contribution in [3.63, 3.8) is 0 Å². The molecule has 5 atom stereocenters. The van der Waals surface area contributed by atoms with Crippen LogP contribution in [0.5, 0.6) is 5.75 Å². The van der Waals surface area contributed by atoms with Gasteiger partial charge in [-0.3, -0.25) is 0 Å². The fraction of sp³-hybridized carbons (Fsp3) is 0.516. The zero-order valence-corrected chi connectivity index (χ0v) is 24.6. The Bertz CT molecular complexity index is 1250. The third-order valence-electron chi connectivity index (χ3n) is 8.73. The first-order valence-corrected chi connectivity index (χ1v) is 15.4. The Morgan fingerprint density at radius 1 is 1.33 bits per heavy atom. The second-order valence-corrected chi connectivity index (χ2v) is 14.8. The van der Waals surface area contributed by atoms with Gasteiger partial charge in [-0.15, -0.1) is 11.3 Å². The number of carboxylic acid groups (broad SMARTS) is 1. The number of hydrogen-bond donors (Lipinski definition) is 2. The van der Waals surface area contributed by atoms with Crippen LogP contribution in [0.1, 0.15) is 67.9 Å². The van der Waals surface area contributed by atoms with E-state index < -0.39 is 17.3 Å². The molecule has 2 aromatic rings. The number of ether oxygens (including phenoxy) is 1. The van der Waals surface area contributed by atoms with Crippen LogP contribution in [-0.4, -0.2) is 46.1 Å². The van der Waals surface area contributed by atoms with Crippen LogP contribution in [0.2, 0.25) is 5.02 Å². The summed E-state index contributed by atoms with van der Waals surface area (Å²) < 4.78 is 22.3. The molecule has 210 valence electrons. The summed E-state index contributed by atoms with van der Waals surface area (Å²) in [4.78, 5) is 14.3. The molecule has 1 aliphatic heterocycles. The maximum Gasteiger partial charge on any atom is 0.335 e. The first-order chi connectivity index (χ1) is 18.5. The Morgan fingerprint density at radius 2 is 2.13 bits per heavy atom. The molecular weight excluding hydrogens is 532 g/mol. The molecule has 8 heteroatoms. The summed E-state index contributed by atoms with van der Waals surface area (Å²) in [6, 6.07) is 11.3. The molecule has 2 N–H and O–H groups in total. The van der Waals surface area contributed by atoms with Crippen molar-refractivity contribution < 1.29 is 19.2 Å². The van der Waals surface area contributed by atoms with E-state index in [0.717, 1.165) is 61.7 Å². The smallest absolute Gasteiger partial charge is 0.335 e. The molecule has 1 spiro atoms. The topological polar surface area (TPSA) is 84.9 Å². The zero-order chi connectivity index (χ0) is 27.9. The van der Waals surface area contributed by atoms with E-state index in [0.29, 0.717) is 18.4 Å². The van der Waals surface area contributed by atoms with Gasteiger partial charge in [0.2, 0.25) is 0 Å². The molecule has 2 unspecified atom stereocenters. The van der Waals surface area contributed by atoms with Gasteiger partial charge in [-0.05, 0) is 106 Å². The first kappa shape index (κ1) is 28.3. The lowest BCUT2D eigenvalue weighted by Crippen LogP contribution is -2.53. The largest absolute Gasteiger partial charge is 0.598 e. The van der Waals surface area contributed by atoms with E-state index in [9.17, 15) is 14.5 Å². The van der Waals surface area contributed by atoms with Crippen molar-refractivity contribution in [1.29, 1.82) is 0 Å². The molecule has 1 fully saturated rings. The zero-order valence-electron chi connectivity index (χ0n) is 23.0. The van der Waals surface area contributed by atoms with Gasteiger partial charge in [0.05, 0.1) is 23.9 Å². The van der Waals surface area contributed by atoms with Gasteiger partial charge in [0, 0.05) is 34.9 Å². The third kappa shape index (κ3) is 5.69. The van der Waals surface area contributed by atoms with Crippen molar-refractivity contribution in [2.24, 2.45) is 11.8 Å². The van der Waals surface area contributed by atoms with Gasteiger partial charge in [0.25, 0.3) is 0 Å². The molecule has 39 heavy (non-hydrogen) atoms. The summed E-state index contributed by atoms with van der Waals surface area (Å²) in [5, 5.41) is 10.5. The van der Waals surface area contributed by atoms with E-state index in [1.807, 2.05) is 32.9 Å². The quantitative estimate of drug-likeness (QED) is 0.307. The fourth-order valence-corrected chi connectivity index (χ4v) is 7.50. The van der Waals surface area contributed by atoms with Crippen molar-refractivity contribution in [2.45, 2.75) is 69.1 Å². The minimum Gasteiger partial charge on any atom is -0.598 e. The second kappa shape index (κ2) is 11.0. The van der Waals surface area contributed by atoms with Crippen LogP contribution in [0.3, 0.4) is 0 Å². The van der Waals surface area contributed by atoms with Gasteiger partial charge in [-0.1, -0.05) is 23.7 Å². The van der Waals surface area contributed by atoms with E-state index in [4.69, 9.17) is 16.3 Å². The van der Waals surface area contributed by atoms with Gasteiger partial charge in [0.15, 0.2) is 0 Å². The van der Waals surface area contributed by atoms with E-state index in [-0.39, 0.29) is 21.8 Å².